The largest absolute Gasteiger partial charge is 0.462 e. The maximum atomic E-state index is 12.8. The first-order chi connectivity index (χ1) is 34.0. The van der Waals surface area contributed by atoms with Gasteiger partial charge in [-0.3, -0.25) is 14.4 Å². The van der Waals surface area contributed by atoms with Crippen molar-refractivity contribution in [2.24, 2.45) is 0 Å². The highest BCUT2D eigenvalue weighted by Crippen LogP contribution is 2.17. The van der Waals surface area contributed by atoms with E-state index in [4.69, 9.17) is 14.2 Å². The van der Waals surface area contributed by atoms with Crippen LogP contribution in [-0.2, 0) is 28.6 Å². The molecule has 0 N–H and O–H groups in total. The number of hydrogen-bond donors (Lipinski definition) is 0. The molecule has 0 aliphatic carbocycles. The fraction of sp³-hybridized carbons (Fsp3) is 0.857. The zero-order valence-corrected chi connectivity index (χ0v) is 46.3. The summed E-state index contributed by atoms with van der Waals surface area (Å²) >= 11 is 0. The summed E-state index contributed by atoms with van der Waals surface area (Å²) in [5.41, 5.74) is 0. The highest BCUT2D eigenvalue weighted by molar-refractivity contribution is 5.71. The van der Waals surface area contributed by atoms with Crippen molar-refractivity contribution in [3.63, 3.8) is 0 Å². The lowest BCUT2D eigenvalue weighted by atomic mass is 10.0. The van der Waals surface area contributed by atoms with Crippen molar-refractivity contribution in [1.29, 1.82) is 0 Å². The van der Waals surface area contributed by atoms with Crippen molar-refractivity contribution >= 4 is 17.9 Å². The van der Waals surface area contributed by atoms with E-state index in [2.05, 4.69) is 57.2 Å². The molecule has 0 spiro atoms. The van der Waals surface area contributed by atoms with Gasteiger partial charge >= 0.3 is 17.9 Å². The first kappa shape index (κ1) is 66.6. The van der Waals surface area contributed by atoms with Crippen molar-refractivity contribution < 1.29 is 28.6 Å². The zero-order chi connectivity index (χ0) is 50.0. The molecule has 0 saturated carbocycles. The van der Waals surface area contributed by atoms with Crippen LogP contribution in [0, 0.1) is 0 Å². The first-order valence-electron chi connectivity index (χ1n) is 30.5. The van der Waals surface area contributed by atoms with Crippen LogP contribution in [0.2, 0.25) is 0 Å². The lowest BCUT2D eigenvalue weighted by molar-refractivity contribution is -0.167. The van der Waals surface area contributed by atoms with E-state index in [-0.39, 0.29) is 31.1 Å². The molecule has 6 heteroatoms. The Labute approximate surface area is 429 Å². The Morgan fingerprint density at radius 2 is 0.522 bits per heavy atom. The van der Waals surface area contributed by atoms with Gasteiger partial charge in [0.1, 0.15) is 13.2 Å². The number of rotatable bonds is 56. The minimum atomic E-state index is -0.769. The maximum absolute atomic E-state index is 12.8. The van der Waals surface area contributed by atoms with Gasteiger partial charge in [-0.1, -0.05) is 269 Å². The van der Waals surface area contributed by atoms with E-state index < -0.39 is 6.10 Å². The van der Waals surface area contributed by atoms with Gasteiger partial charge in [-0.25, -0.2) is 0 Å². The van der Waals surface area contributed by atoms with E-state index in [1.54, 1.807) is 0 Å². The highest BCUT2D eigenvalue weighted by atomic mass is 16.6. The Kier molecular flexibility index (Phi) is 56.2. The second kappa shape index (κ2) is 58.2. The van der Waals surface area contributed by atoms with Gasteiger partial charge in [0.25, 0.3) is 0 Å². The van der Waals surface area contributed by atoms with Crippen molar-refractivity contribution in [2.45, 2.75) is 335 Å². The molecular formula is C63H116O6. The molecule has 0 heterocycles. The monoisotopic (exact) mass is 969 g/mol. The van der Waals surface area contributed by atoms with Crippen LogP contribution in [0.25, 0.3) is 0 Å². The normalized spacial score (nSPS) is 12.2. The summed E-state index contributed by atoms with van der Waals surface area (Å²) in [7, 11) is 0. The molecule has 0 aliphatic heterocycles. The molecule has 0 aromatic carbocycles. The Hall–Kier alpha value is -2.37. The van der Waals surface area contributed by atoms with Gasteiger partial charge in [0, 0.05) is 19.3 Å². The maximum Gasteiger partial charge on any atom is 0.306 e. The average Bonchev–Trinajstić information content (AvgIpc) is 3.35. The quantitative estimate of drug-likeness (QED) is 0.0261. The fourth-order valence-corrected chi connectivity index (χ4v) is 9.00. The number of esters is 3. The molecule has 0 radical (unpaired) electrons. The van der Waals surface area contributed by atoms with Gasteiger partial charge in [-0.05, 0) is 77.0 Å². The van der Waals surface area contributed by atoms with Gasteiger partial charge in [0.2, 0.25) is 0 Å². The van der Waals surface area contributed by atoms with E-state index in [1.165, 1.54) is 212 Å². The molecule has 6 nitrogen and oxygen atoms in total. The molecule has 1 unspecified atom stereocenters. The van der Waals surface area contributed by atoms with Gasteiger partial charge in [0.05, 0.1) is 0 Å². The third-order valence-corrected chi connectivity index (χ3v) is 13.6. The number of ether oxygens (including phenoxy) is 3. The van der Waals surface area contributed by atoms with Gasteiger partial charge in [0.15, 0.2) is 6.10 Å². The zero-order valence-electron chi connectivity index (χ0n) is 46.3. The Morgan fingerprint density at radius 1 is 0.290 bits per heavy atom. The Bertz CT molecular complexity index is 1160. The van der Waals surface area contributed by atoms with Crippen LogP contribution < -0.4 is 0 Å². The summed E-state index contributed by atoms with van der Waals surface area (Å²) < 4.78 is 16.7. The van der Waals surface area contributed by atoms with Crippen LogP contribution in [0.1, 0.15) is 329 Å². The van der Waals surface area contributed by atoms with E-state index in [0.717, 1.165) is 77.0 Å². The number of carbonyl (C=O) groups excluding carboxylic acids is 3. The summed E-state index contributed by atoms with van der Waals surface area (Å²) in [5, 5.41) is 0. The second-order valence-corrected chi connectivity index (χ2v) is 20.6. The molecular weight excluding hydrogens is 853 g/mol. The molecule has 0 saturated heterocycles. The lowest BCUT2D eigenvalue weighted by Gasteiger charge is -2.18. The Morgan fingerprint density at radius 3 is 0.812 bits per heavy atom. The van der Waals surface area contributed by atoms with Crippen LogP contribution in [0.4, 0.5) is 0 Å². The molecule has 0 rings (SSSR count). The molecule has 0 amide bonds. The smallest absolute Gasteiger partial charge is 0.306 e. The predicted octanol–water partition coefficient (Wildman–Crippen LogP) is 20.4. The van der Waals surface area contributed by atoms with Crippen LogP contribution in [-0.4, -0.2) is 37.2 Å². The van der Waals surface area contributed by atoms with E-state index in [0.29, 0.717) is 19.3 Å². The minimum absolute atomic E-state index is 0.0719. The van der Waals surface area contributed by atoms with Crippen molar-refractivity contribution in [2.75, 3.05) is 13.2 Å². The number of allylic oxidation sites excluding steroid dienone is 6. The van der Waals surface area contributed by atoms with Crippen molar-refractivity contribution in [3.8, 4) is 0 Å². The van der Waals surface area contributed by atoms with E-state index >= 15 is 0 Å². The van der Waals surface area contributed by atoms with E-state index in [9.17, 15) is 14.4 Å². The minimum Gasteiger partial charge on any atom is -0.462 e. The third kappa shape index (κ3) is 56.4. The molecule has 0 aromatic rings. The van der Waals surface area contributed by atoms with Crippen LogP contribution in [0.3, 0.4) is 0 Å². The fourth-order valence-electron chi connectivity index (χ4n) is 9.00. The van der Waals surface area contributed by atoms with Crippen LogP contribution >= 0.6 is 0 Å². The first-order valence-corrected chi connectivity index (χ1v) is 30.5. The molecule has 0 aromatic heterocycles. The topological polar surface area (TPSA) is 78.9 Å². The van der Waals surface area contributed by atoms with Gasteiger partial charge in [-0.2, -0.15) is 0 Å². The average molecular weight is 970 g/mol. The van der Waals surface area contributed by atoms with Gasteiger partial charge in [-0.15, -0.1) is 0 Å². The van der Waals surface area contributed by atoms with Crippen LogP contribution in [0.15, 0.2) is 36.5 Å². The van der Waals surface area contributed by atoms with Crippen LogP contribution in [0.5, 0.6) is 0 Å². The molecule has 0 aliphatic rings. The van der Waals surface area contributed by atoms with Gasteiger partial charge < -0.3 is 14.2 Å². The number of hydrogen-bond acceptors (Lipinski definition) is 6. The Balaban J connectivity index is 3.92. The van der Waals surface area contributed by atoms with Crippen molar-refractivity contribution in [3.05, 3.63) is 36.5 Å². The number of unbranched alkanes of at least 4 members (excludes halogenated alkanes) is 39. The molecule has 69 heavy (non-hydrogen) atoms. The predicted molar refractivity (Wildman–Crippen MR) is 298 cm³/mol. The molecule has 1 atom stereocenters. The molecule has 404 valence electrons. The second-order valence-electron chi connectivity index (χ2n) is 20.6. The SMILES string of the molecule is CCCCCCC/C=C\C/C=C\CCCCCCCCCCCCCCCCCCCCCC(=O)OCC(COC(=O)CCCCCCC)OC(=O)CCCCCCC/C=C\CCCCCCCC. The summed E-state index contributed by atoms with van der Waals surface area (Å²) in [4.78, 5) is 37.8. The lowest BCUT2D eigenvalue weighted by Crippen LogP contribution is -2.30. The third-order valence-electron chi connectivity index (χ3n) is 13.6. The summed E-state index contributed by atoms with van der Waals surface area (Å²) in [5.74, 6) is -0.879. The standard InChI is InChI=1S/C63H116O6/c1-4-7-10-13-15-17-19-21-23-24-25-26-27-28-29-30-31-32-33-34-35-36-37-38-40-41-43-45-47-50-53-56-62(65)68-59-60(58-67-61(64)55-52-49-12-9-6-3)69-63(66)57-54-51-48-46-44-42-39-22-20-18-16-14-11-8-5-2/h19,21-22,24-25,39,60H,4-18,20,23,26-38,40-59H2,1-3H3/b21-19-,25-24-,39-22-. The highest BCUT2D eigenvalue weighted by Gasteiger charge is 2.19. The summed E-state index contributed by atoms with van der Waals surface area (Å²) in [6.07, 6.45) is 70.6. The van der Waals surface area contributed by atoms with Crippen molar-refractivity contribution in [1.82, 2.24) is 0 Å². The van der Waals surface area contributed by atoms with E-state index in [1.807, 2.05) is 0 Å². The summed E-state index contributed by atoms with van der Waals surface area (Å²) in [6, 6.07) is 0. The summed E-state index contributed by atoms with van der Waals surface area (Å²) in [6.45, 7) is 6.57. The molecule has 0 fully saturated rings. The number of carbonyl (C=O) groups is 3. The molecule has 0 bridgehead atoms.